The van der Waals surface area contributed by atoms with Crippen molar-refractivity contribution >= 4 is 0 Å². The molecule has 0 heterocycles. The molecule has 0 spiro atoms. The highest BCUT2D eigenvalue weighted by atomic mass is 15.2. The molecule has 5 N–H and O–H groups in total. The summed E-state index contributed by atoms with van der Waals surface area (Å²) in [5.74, 6) is 5.10. The van der Waals surface area contributed by atoms with Gasteiger partial charge in [0.2, 0.25) is 0 Å². The first-order valence-electron chi connectivity index (χ1n) is 2.99. The first kappa shape index (κ1) is 8.46. The summed E-state index contributed by atoms with van der Waals surface area (Å²) in [4.78, 5) is 0. The fourth-order valence-electron chi connectivity index (χ4n) is 0.378. The number of hydrogen-bond acceptors (Lipinski definition) is 3. The predicted octanol–water partition coefficient (Wildman–Crippen LogP) is 0.0908. The van der Waals surface area contributed by atoms with Crippen molar-refractivity contribution in [3.8, 4) is 0 Å². The van der Waals surface area contributed by atoms with Crippen LogP contribution in [0.3, 0.4) is 0 Å². The van der Waals surface area contributed by atoms with Crippen LogP contribution in [-0.4, -0.2) is 5.54 Å². The van der Waals surface area contributed by atoms with Crippen LogP contribution in [0, 0.1) is 0 Å². The van der Waals surface area contributed by atoms with Gasteiger partial charge in [-0.2, -0.15) is 0 Å². The number of nitrogens with one attached hydrogen (secondary N) is 1. The zero-order valence-electron chi connectivity index (χ0n) is 6.07. The van der Waals surface area contributed by atoms with E-state index in [9.17, 15) is 0 Å². The molecule has 0 fully saturated rings. The SMILES string of the molecule is C=C(NN)C(C)(N)CC. The van der Waals surface area contributed by atoms with Gasteiger partial charge in [0.25, 0.3) is 0 Å². The van der Waals surface area contributed by atoms with Crippen LogP contribution < -0.4 is 17.0 Å². The Labute approximate surface area is 56.1 Å². The molecule has 3 heteroatoms. The highest BCUT2D eigenvalue weighted by Gasteiger charge is 2.18. The summed E-state index contributed by atoms with van der Waals surface area (Å²) in [6.07, 6.45) is 0.829. The van der Waals surface area contributed by atoms with E-state index in [1.807, 2.05) is 13.8 Å². The van der Waals surface area contributed by atoms with Crippen molar-refractivity contribution in [1.82, 2.24) is 5.43 Å². The Morgan fingerprint density at radius 2 is 2.22 bits per heavy atom. The van der Waals surface area contributed by atoms with Crippen LogP contribution in [0.1, 0.15) is 20.3 Å². The lowest BCUT2D eigenvalue weighted by molar-refractivity contribution is 0.495. The van der Waals surface area contributed by atoms with Gasteiger partial charge >= 0.3 is 0 Å². The smallest absolute Gasteiger partial charge is 0.0534 e. The zero-order valence-corrected chi connectivity index (χ0v) is 6.07. The molecule has 3 nitrogen and oxygen atoms in total. The molecule has 1 unspecified atom stereocenters. The molecule has 0 bridgehead atoms. The largest absolute Gasteiger partial charge is 0.327 e. The van der Waals surface area contributed by atoms with Crippen LogP contribution in [-0.2, 0) is 0 Å². The van der Waals surface area contributed by atoms with Crippen molar-refractivity contribution in [2.24, 2.45) is 11.6 Å². The Kier molecular flexibility index (Phi) is 2.67. The molecule has 0 aromatic rings. The number of nitrogens with two attached hydrogens (primary N) is 2. The van der Waals surface area contributed by atoms with E-state index in [1.54, 1.807) is 0 Å². The maximum atomic E-state index is 5.73. The van der Waals surface area contributed by atoms with Gasteiger partial charge in [0, 0.05) is 5.70 Å². The number of rotatable bonds is 3. The molecule has 9 heavy (non-hydrogen) atoms. The van der Waals surface area contributed by atoms with Crippen LogP contribution in [0.4, 0.5) is 0 Å². The fourth-order valence-corrected chi connectivity index (χ4v) is 0.378. The summed E-state index contributed by atoms with van der Waals surface area (Å²) in [5.41, 5.74) is 8.46. The normalized spacial score (nSPS) is 16.4. The maximum Gasteiger partial charge on any atom is 0.0534 e. The minimum Gasteiger partial charge on any atom is -0.327 e. The molecular formula is C6H15N3. The van der Waals surface area contributed by atoms with Gasteiger partial charge in [-0.15, -0.1) is 0 Å². The van der Waals surface area contributed by atoms with Crippen molar-refractivity contribution in [2.45, 2.75) is 25.8 Å². The van der Waals surface area contributed by atoms with Crippen molar-refractivity contribution in [3.05, 3.63) is 12.3 Å². The molecule has 0 radical (unpaired) electrons. The molecule has 0 aliphatic rings. The van der Waals surface area contributed by atoms with Gasteiger partial charge in [0.1, 0.15) is 0 Å². The van der Waals surface area contributed by atoms with Crippen molar-refractivity contribution in [2.75, 3.05) is 0 Å². The first-order valence-corrected chi connectivity index (χ1v) is 2.99. The monoisotopic (exact) mass is 129 g/mol. The molecule has 0 amide bonds. The summed E-state index contributed by atoms with van der Waals surface area (Å²) < 4.78 is 0. The number of hydrazine groups is 1. The molecular weight excluding hydrogens is 114 g/mol. The Balaban J connectivity index is 3.97. The van der Waals surface area contributed by atoms with Crippen molar-refractivity contribution < 1.29 is 0 Å². The molecule has 54 valence electrons. The minimum absolute atomic E-state index is 0.380. The van der Waals surface area contributed by atoms with Crippen LogP contribution in [0.2, 0.25) is 0 Å². The second-order valence-corrected chi connectivity index (χ2v) is 2.39. The highest BCUT2D eigenvalue weighted by molar-refractivity contribution is 5.09. The van der Waals surface area contributed by atoms with E-state index in [-0.39, 0.29) is 5.54 Å². The summed E-state index contributed by atoms with van der Waals surface area (Å²) >= 11 is 0. The fraction of sp³-hybridized carbons (Fsp3) is 0.667. The van der Waals surface area contributed by atoms with Gasteiger partial charge in [-0.05, 0) is 13.3 Å². The summed E-state index contributed by atoms with van der Waals surface area (Å²) in [6.45, 7) is 7.53. The molecule has 0 aromatic carbocycles. The Morgan fingerprint density at radius 1 is 1.78 bits per heavy atom. The van der Waals surface area contributed by atoms with Gasteiger partial charge in [0.15, 0.2) is 0 Å². The van der Waals surface area contributed by atoms with E-state index in [0.29, 0.717) is 5.70 Å². The van der Waals surface area contributed by atoms with E-state index in [1.165, 1.54) is 0 Å². The van der Waals surface area contributed by atoms with Crippen LogP contribution in [0.25, 0.3) is 0 Å². The van der Waals surface area contributed by atoms with Gasteiger partial charge in [-0.3, -0.25) is 5.84 Å². The molecule has 0 aliphatic carbocycles. The van der Waals surface area contributed by atoms with Crippen LogP contribution in [0.5, 0.6) is 0 Å². The standard InChI is InChI=1S/C6H15N3/c1-4-6(3,7)5(2)9-8/h9H,2,4,7-8H2,1,3H3. The Morgan fingerprint density at radius 3 is 2.33 bits per heavy atom. The Bertz CT molecular complexity index is 107. The summed E-state index contributed by atoms with van der Waals surface area (Å²) in [6, 6.07) is 0. The van der Waals surface area contributed by atoms with E-state index in [2.05, 4.69) is 12.0 Å². The Hall–Kier alpha value is -0.540. The predicted molar refractivity (Wildman–Crippen MR) is 39.3 cm³/mol. The summed E-state index contributed by atoms with van der Waals surface area (Å²) in [5, 5.41) is 0. The molecule has 0 rings (SSSR count). The van der Waals surface area contributed by atoms with Crippen LogP contribution >= 0.6 is 0 Å². The number of hydrogen-bond donors (Lipinski definition) is 3. The highest BCUT2D eigenvalue weighted by Crippen LogP contribution is 2.10. The van der Waals surface area contributed by atoms with Gasteiger partial charge in [-0.1, -0.05) is 13.5 Å². The second kappa shape index (κ2) is 2.85. The van der Waals surface area contributed by atoms with Crippen molar-refractivity contribution in [3.63, 3.8) is 0 Å². The lowest BCUT2D eigenvalue weighted by atomic mass is 9.97. The molecule has 0 aliphatic heterocycles. The average Bonchev–Trinajstić information content (AvgIpc) is 1.86. The van der Waals surface area contributed by atoms with Gasteiger partial charge < -0.3 is 11.2 Å². The minimum atomic E-state index is -0.380. The maximum absolute atomic E-state index is 5.73. The topological polar surface area (TPSA) is 64.1 Å². The van der Waals surface area contributed by atoms with E-state index >= 15 is 0 Å². The average molecular weight is 129 g/mol. The molecule has 1 atom stereocenters. The lowest BCUT2D eigenvalue weighted by Gasteiger charge is -2.24. The lowest BCUT2D eigenvalue weighted by Crippen LogP contribution is -2.44. The summed E-state index contributed by atoms with van der Waals surface area (Å²) in [7, 11) is 0. The van der Waals surface area contributed by atoms with Gasteiger partial charge in [-0.25, -0.2) is 0 Å². The van der Waals surface area contributed by atoms with E-state index in [0.717, 1.165) is 6.42 Å². The van der Waals surface area contributed by atoms with Crippen LogP contribution in [0.15, 0.2) is 12.3 Å². The molecule has 0 aromatic heterocycles. The second-order valence-electron chi connectivity index (χ2n) is 2.39. The quantitative estimate of drug-likeness (QED) is 0.374. The van der Waals surface area contributed by atoms with Crippen molar-refractivity contribution in [1.29, 1.82) is 0 Å². The zero-order chi connectivity index (χ0) is 7.49. The van der Waals surface area contributed by atoms with E-state index in [4.69, 9.17) is 11.6 Å². The van der Waals surface area contributed by atoms with Gasteiger partial charge in [0.05, 0.1) is 5.54 Å². The van der Waals surface area contributed by atoms with E-state index < -0.39 is 0 Å². The first-order chi connectivity index (χ1) is 4.04. The third-order valence-corrected chi connectivity index (χ3v) is 1.60. The molecule has 0 saturated carbocycles. The molecule has 0 saturated heterocycles. The third-order valence-electron chi connectivity index (χ3n) is 1.60. The third kappa shape index (κ3) is 2.03.